The molecule has 0 spiro atoms. The second-order valence-electron chi connectivity index (χ2n) is 9.41. The molecule has 0 atom stereocenters. The van der Waals surface area contributed by atoms with Gasteiger partial charge in [0.15, 0.2) is 6.61 Å². The number of ether oxygens (including phenoxy) is 2. The highest BCUT2D eigenvalue weighted by Crippen LogP contribution is 2.28. The first-order valence-corrected chi connectivity index (χ1v) is 13.6. The van der Waals surface area contributed by atoms with Gasteiger partial charge >= 0.3 is 5.97 Å². The Balaban J connectivity index is 1.31. The van der Waals surface area contributed by atoms with Gasteiger partial charge in [-0.3, -0.25) is 4.79 Å². The van der Waals surface area contributed by atoms with E-state index in [0.717, 1.165) is 32.5 Å². The first-order chi connectivity index (χ1) is 19.4. The van der Waals surface area contributed by atoms with E-state index in [1.165, 1.54) is 0 Å². The number of benzene rings is 4. The summed E-state index contributed by atoms with van der Waals surface area (Å²) in [5.41, 5.74) is 6.09. The molecule has 0 radical (unpaired) electrons. The van der Waals surface area contributed by atoms with Crippen LogP contribution in [0.4, 0.5) is 5.69 Å². The van der Waals surface area contributed by atoms with E-state index in [-0.39, 0.29) is 0 Å². The molecule has 0 aliphatic carbocycles. The van der Waals surface area contributed by atoms with Gasteiger partial charge in [0.1, 0.15) is 12.4 Å². The van der Waals surface area contributed by atoms with Gasteiger partial charge in [0.05, 0.1) is 16.8 Å². The quantitative estimate of drug-likeness (QED) is 0.187. The molecule has 0 aliphatic rings. The van der Waals surface area contributed by atoms with Gasteiger partial charge in [-0.25, -0.2) is 9.78 Å². The first kappa shape index (κ1) is 27.1. The Labute approximate surface area is 241 Å². The zero-order valence-electron chi connectivity index (χ0n) is 22.1. The largest absolute Gasteiger partial charge is 0.489 e. The maximum absolute atomic E-state index is 13.2. The summed E-state index contributed by atoms with van der Waals surface area (Å²) < 4.78 is 12.3. The second-order valence-corrected chi connectivity index (χ2v) is 10.3. The summed E-state index contributed by atoms with van der Waals surface area (Å²) in [5, 5.41) is 3.48. The fourth-order valence-corrected chi connectivity index (χ4v) is 4.72. The SMILES string of the molecule is Cc1cc(NC(=O)COC(=O)c2cc(-c3ccc(OCc4ccccc4)cc3)nc3ccccc23)c(C)cc1Br. The summed E-state index contributed by atoms with van der Waals surface area (Å²) >= 11 is 3.49. The van der Waals surface area contributed by atoms with Crippen LogP contribution in [-0.4, -0.2) is 23.5 Å². The molecule has 7 heteroatoms. The van der Waals surface area contributed by atoms with Gasteiger partial charge in [-0.1, -0.05) is 64.5 Å². The van der Waals surface area contributed by atoms with Crippen LogP contribution in [0.25, 0.3) is 22.2 Å². The Bertz CT molecular complexity index is 1690. The number of nitrogens with one attached hydrogen (secondary N) is 1. The van der Waals surface area contributed by atoms with Crippen molar-refractivity contribution in [2.45, 2.75) is 20.5 Å². The van der Waals surface area contributed by atoms with Crippen LogP contribution in [0.15, 0.2) is 102 Å². The average molecular weight is 595 g/mol. The molecule has 200 valence electrons. The Morgan fingerprint density at radius 3 is 2.35 bits per heavy atom. The number of anilines is 1. The van der Waals surface area contributed by atoms with Gasteiger partial charge in [-0.2, -0.15) is 0 Å². The molecule has 5 rings (SSSR count). The van der Waals surface area contributed by atoms with Crippen LogP contribution in [0, 0.1) is 13.8 Å². The van der Waals surface area contributed by atoms with Crippen molar-refractivity contribution >= 4 is 44.4 Å². The van der Waals surface area contributed by atoms with Crippen LogP contribution in [-0.2, 0) is 16.1 Å². The van der Waals surface area contributed by atoms with Gasteiger partial charge in [-0.05, 0) is 79.1 Å². The maximum atomic E-state index is 13.2. The molecular formula is C33H27BrN2O4. The van der Waals surface area contributed by atoms with Gasteiger partial charge in [0, 0.05) is 21.1 Å². The number of amides is 1. The van der Waals surface area contributed by atoms with Crippen molar-refractivity contribution in [2.75, 3.05) is 11.9 Å². The number of nitrogens with zero attached hydrogens (tertiary/aromatic N) is 1. The van der Waals surface area contributed by atoms with Crippen LogP contribution >= 0.6 is 15.9 Å². The zero-order valence-corrected chi connectivity index (χ0v) is 23.7. The van der Waals surface area contributed by atoms with Gasteiger partial charge in [-0.15, -0.1) is 0 Å². The lowest BCUT2D eigenvalue weighted by atomic mass is 10.0. The first-order valence-electron chi connectivity index (χ1n) is 12.8. The minimum absolute atomic E-state index is 0.341. The summed E-state index contributed by atoms with van der Waals surface area (Å²) in [7, 11) is 0. The number of rotatable bonds is 8. The van der Waals surface area contributed by atoms with Crippen LogP contribution in [0.1, 0.15) is 27.0 Å². The summed E-state index contributed by atoms with van der Waals surface area (Å²) in [6.45, 7) is 3.90. The smallest absolute Gasteiger partial charge is 0.339 e. The third kappa shape index (κ3) is 6.38. The molecule has 0 saturated heterocycles. The van der Waals surface area contributed by atoms with E-state index in [1.54, 1.807) is 6.07 Å². The minimum Gasteiger partial charge on any atom is -0.489 e. The fourth-order valence-electron chi connectivity index (χ4n) is 4.27. The van der Waals surface area contributed by atoms with Crippen molar-refractivity contribution in [2.24, 2.45) is 0 Å². The fraction of sp³-hybridized carbons (Fsp3) is 0.121. The zero-order chi connectivity index (χ0) is 28.1. The third-order valence-corrected chi connectivity index (χ3v) is 7.30. The highest BCUT2D eigenvalue weighted by molar-refractivity contribution is 9.10. The number of esters is 1. The Morgan fingerprint density at radius 1 is 0.850 bits per heavy atom. The van der Waals surface area contributed by atoms with Gasteiger partial charge in [0.25, 0.3) is 5.91 Å². The molecule has 40 heavy (non-hydrogen) atoms. The standard InChI is InChI=1S/C33H27BrN2O4/c1-21-17-30(22(2)16-28(21)34)36-32(37)20-40-33(38)27-18-31(35-29-11-7-6-10-26(27)29)24-12-14-25(15-13-24)39-19-23-8-4-3-5-9-23/h3-18H,19-20H2,1-2H3,(H,36,37). The number of halogens is 1. The maximum Gasteiger partial charge on any atom is 0.339 e. The van der Waals surface area contributed by atoms with E-state index in [9.17, 15) is 9.59 Å². The summed E-state index contributed by atoms with van der Waals surface area (Å²) in [6, 6.07) is 30.4. The van der Waals surface area contributed by atoms with Crippen molar-refractivity contribution in [1.29, 1.82) is 0 Å². The third-order valence-electron chi connectivity index (χ3n) is 6.45. The monoisotopic (exact) mass is 594 g/mol. The van der Waals surface area contributed by atoms with E-state index >= 15 is 0 Å². The predicted octanol–water partition coefficient (Wildman–Crippen LogP) is 7.66. The molecule has 4 aromatic carbocycles. The van der Waals surface area contributed by atoms with E-state index in [2.05, 4.69) is 21.2 Å². The van der Waals surface area contributed by atoms with Crippen molar-refractivity contribution in [3.8, 4) is 17.0 Å². The number of carbonyl (C=O) groups is 2. The van der Waals surface area contributed by atoms with Crippen LogP contribution in [0.3, 0.4) is 0 Å². The molecule has 0 unspecified atom stereocenters. The molecule has 0 fully saturated rings. The normalized spacial score (nSPS) is 10.8. The molecule has 1 aromatic heterocycles. The summed E-state index contributed by atoms with van der Waals surface area (Å²) in [6.07, 6.45) is 0. The Kier molecular flexibility index (Phi) is 8.22. The number of carbonyl (C=O) groups excluding carboxylic acids is 2. The lowest BCUT2D eigenvalue weighted by molar-refractivity contribution is -0.119. The molecular weight excluding hydrogens is 568 g/mol. The molecule has 5 aromatic rings. The summed E-state index contributed by atoms with van der Waals surface area (Å²) in [4.78, 5) is 30.5. The number of hydrogen-bond donors (Lipinski definition) is 1. The van der Waals surface area contributed by atoms with Crippen molar-refractivity contribution < 1.29 is 19.1 Å². The molecule has 0 saturated carbocycles. The average Bonchev–Trinajstić information content (AvgIpc) is 2.98. The highest BCUT2D eigenvalue weighted by Gasteiger charge is 2.17. The topological polar surface area (TPSA) is 77.5 Å². The number of fused-ring (bicyclic) bond motifs is 1. The number of pyridine rings is 1. The lowest BCUT2D eigenvalue weighted by Crippen LogP contribution is -2.21. The molecule has 0 bridgehead atoms. The van der Waals surface area contributed by atoms with E-state index < -0.39 is 18.5 Å². The molecule has 1 amide bonds. The van der Waals surface area contributed by atoms with Crippen LogP contribution < -0.4 is 10.1 Å². The van der Waals surface area contributed by atoms with Crippen molar-refractivity contribution in [3.05, 3.63) is 124 Å². The van der Waals surface area contributed by atoms with E-state index in [0.29, 0.717) is 34.5 Å². The van der Waals surface area contributed by atoms with Gasteiger partial charge < -0.3 is 14.8 Å². The molecule has 1 N–H and O–H groups in total. The number of para-hydroxylation sites is 1. The van der Waals surface area contributed by atoms with Crippen LogP contribution in [0.2, 0.25) is 0 Å². The van der Waals surface area contributed by atoms with E-state index in [4.69, 9.17) is 14.5 Å². The molecule has 1 heterocycles. The van der Waals surface area contributed by atoms with Crippen molar-refractivity contribution in [3.63, 3.8) is 0 Å². The molecule has 6 nitrogen and oxygen atoms in total. The number of hydrogen-bond acceptors (Lipinski definition) is 5. The van der Waals surface area contributed by atoms with Crippen molar-refractivity contribution in [1.82, 2.24) is 4.98 Å². The summed E-state index contributed by atoms with van der Waals surface area (Å²) in [5.74, 6) is -0.278. The number of aryl methyl sites for hydroxylation is 2. The predicted molar refractivity (Wildman–Crippen MR) is 160 cm³/mol. The van der Waals surface area contributed by atoms with Gasteiger partial charge in [0.2, 0.25) is 0 Å². The highest BCUT2D eigenvalue weighted by atomic mass is 79.9. The molecule has 0 aliphatic heterocycles. The van der Waals surface area contributed by atoms with E-state index in [1.807, 2.05) is 105 Å². The Morgan fingerprint density at radius 2 is 1.57 bits per heavy atom. The number of aromatic nitrogens is 1. The van der Waals surface area contributed by atoms with Crippen LogP contribution in [0.5, 0.6) is 5.75 Å². The minimum atomic E-state index is -0.596. The second kappa shape index (κ2) is 12.1. The Hall–Kier alpha value is -4.49. The lowest BCUT2D eigenvalue weighted by Gasteiger charge is -2.12.